The van der Waals surface area contributed by atoms with Gasteiger partial charge in [0.25, 0.3) is 5.91 Å². The molecule has 0 heterocycles. The molecule has 0 spiro atoms. The Labute approximate surface area is 103 Å². The summed E-state index contributed by atoms with van der Waals surface area (Å²) in [6, 6.07) is 6.70. The van der Waals surface area contributed by atoms with Crippen LogP contribution < -0.4 is 10.6 Å². The average Bonchev–Trinajstić information content (AvgIpc) is 2.28. The summed E-state index contributed by atoms with van der Waals surface area (Å²) in [4.78, 5) is 22.4. The number of amides is 2. The molecule has 0 fully saturated rings. The summed E-state index contributed by atoms with van der Waals surface area (Å²) in [5.41, 5.74) is 1.23. The Balaban J connectivity index is 2.72. The van der Waals surface area contributed by atoms with E-state index in [9.17, 15) is 9.59 Å². The van der Waals surface area contributed by atoms with Crippen molar-refractivity contribution in [2.75, 3.05) is 12.4 Å². The first-order valence-electron chi connectivity index (χ1n) is 4.81. The van der Waals surface area contributed by atoms with Crippen molar-refractivity contribution >= 4 is 33.4 Å². The Bertz CT molecular complexity index is 387. The van der Waals surface area contributed by atoms with Gasteiger partial charge in [0.1, 0.15) is 0 Å². The van der Waals surface area contributed by atoms with Crippen LogP contribution in [0.2, 0.25) is 0 Å². The summed E-state index contributed by atoms with van der Waals surface area (Å²) in [7, 11) is 1.57. The summed E-state index contributed by atoms with van der Waals surface area (Å²) in [5, 5.41) is 5.23. The first-order chi connectivity index (χ1) is 7.54. The molecule has 1 rings (SSSR count). The molecule has 1 aromatic rings. The fourth-order valence-corrected chi connectivity index (χ4v) is 1.21. The van der Waals surface area contributed by atoms with Crippen LogP contribution in [0.1, 0.15) is 17.3 Å². The molecule has 0 radical (unpaired) electrons. The Morgan fingerprint density at radius 1 is 1.25 bits per heavy atom. The van der Waals surface area contributed by atoms with Crippen molar-refractivity contribution in [3.8, 4) is 0 Å². The molecule has 86 valence electrons. The van der Waals surface area contributed by atoms with Gasteiger partial charge in [0.05, 0.1) is 4.83 Å². The minimum Gasteiger partial charge on any atom is -0.355 e. The largest absolute Gasteiger partial charge is 0.355 e. The van der Waals surface area contributed by atoms with E-state index >= 15 is 0 Å². The summed E-state index contributed by atoms with van der Waals surface area (Å²) in [6.07, 6.45) is 0. The first-order valence-corrected chi connectivity index (χ1v) is 5.73. The van der Waals surface area contributed by atoms with Crippen molar-refractivity contribution in [2.24, 2.45) is 0 Å². The van der Waals surface area contributed by atoms with Gasteiger partial charge in [0.15, 0.2) is 0 Å². The van der Waals surface area contributed by atoms with Gasteiger partial charge in [0, 0.05) is 18.3 Å². The molecule has 2 amide bonds. The van der Waals surface area contributed by atoms with Crippen molar-refractivity contribution in [3.05, 3.63) is 29.8 Å². The van der Waals surface area contributed by atoms with Gasteiger partial charge in [-0.05, 0) is 31.2 Å². The van der Waals surface area contributed by atoms with E-state index in [-0.39, 0.29) is 16.6 Å². The first kappa shape index (κ1) is 12.7. The van der Waals surface area contributed by atoms with Crippen LogP contribution in [0.3, 0.4) is 0 Å². The number of alkyl halides is 1. The second kappa shape index (κ2) is 5.65. The summed E-state index contributed by atoms with van der Waals surface area (Å²) in [5.74, 6) is -0.264. The zero-order chi connectivity index (χ0) is 12.1. The van der Waals surface area contributed by atoms with E-state index in [0.717, 1.165) is 0 Å². The summed E-state index contributed by atoms with van der Waals surface area (Å²) >= 11 is 3.17. The van der Waals surface area contributed by atoms with E-state index in [0.29, 0.717) is 11.3 Å². The highest BCUT2D eigenvalue weighted by Crippen LogP contribution is 2.11. The molecule has 1 unspecified atom stereocenters. The molecule has 16 heavy (non-hydrogen) atoms. The molecule has 2 N–H and O–H groups in total. The molecule has 1 atom stereocenters. The van der Waals surface area contributed by atoms with Gasteiger partial charge in [0.2, 0.25) is 5.91 Å². The van der Waals surface area contributed by atoms with Gasteiger partial charge in [-0.1, -0.05) is 15.9 Å². The van der Waals surface area contributed by atoms with E-state index in [1.54, 1.807) is 38.2 Å². The molecular weight excluding hydrogens is 272 g/mol. The lowest BCUT2D eigenvalue weighted by Gasteiger charge is -2.07. The van der Waals surface area contributed by atoms with Crippen molar-refractivity contribution in [2.45, 2.75) is 11.8 Å². The van der Waals surface area contributed by atoms with Crippen molar-refractivity contribution in [1.82, 2.24) is 5.32 Å². The van der Waals surface area contributed by atoms with E-state index in [2.05, 4.69) is 26.6 Å². The fourth-order valence-electron chi connectivity index (χ4n) is 1.09. The lowest BCUT2D eigenvalue weighted by Crippen LogP contribution is -2.20. The molecule has 0 bridgehead atoms. The monoisotopic (exact) mass is 284 g/mol. The predicted octanol–water partition coefficient (Wildman–Crippen LogP) is 1.77. The third kappa shape index (κ3) is 3.34. The second-order valence-corrected chi connectivity index (χ2v) is 4.64. The normalized spacial score (nSPS) is 11.7. The molecule has 4 nitrogen and oxygen atoms in total. The third-order valence-corrected chi connectivity index (χ3v) is 2.42. The van der Waals surface area contributed by atoms with E-state index in [4.69, 9.17) is 0 Å². The number of nitrogens with one attached hydrogen (secondary N) is 2. The van der Waals surface area contributed by atoms with Crippen LogP contribution >= 0.6 is 15.9 Å². The van der Waals surface area contributed by atoms with Gasteiger partial charge in [-0.25, -0.2) is 0 Å². The Morgan fingerprint density at radius 3 is 2.25 bits per heavy atom. The van der Waals surface area contributed by atoms with E-state index in [1.165, 1.54) is 0 Å². The highest BCUT2D eigenvalue weighted by Gasteiger charge is 2.09. The van der Waals surface area contributed by atoms with Crippen molar-refractivity contribution < 1.29 is 9.59 Å². The molecule has 0 aromatic heterocycles. The van der Waals surface area contributed by atoms with Gasteiger partial charge in [-0.15, -0.1) is 0 Å². The number of carbonyl (C=O) groups excluding carboxylic acids is 2. The van der Waals surface area contributed by atoms with Crippen LogP contribution in [0.4, 0.5) is 5.69 Å². The molecule has 0 aliphatic carbocycles. The summed E-state index contributed by atoms with van der Waals surface area (Å²) in [6.45, 7) is 1.74. The molecule has 5 heteroatoms. The predicted molar refractivity (Wildman–Crippen MR) is 66.9 cm³/mol. The zero-order valence-electron chi connectivity index (χ0n) is 9.08. The topological polar surface area (TPSA) is 58.2 Å². The number of rotatable bonds is 3. The molecule has 0 aliphatic heterocycles. The number of anilines is 1. The SMILES string of the molecule is CNC(=O)c1ccc(NC(=O)C(C)Br)cc1. The number of carbonyl (C=O) groups is 2. The lowest BCUT2D eigenvalue weighted by atomic mass is 10.2. The van der Waals surface area contributed by atoms with Crippen molar-refractivity contribution in [1.29, 1.82) is 0 Å². The number of hydrogen-bond donors (Lipinski definition) is 2. The number of benzene rings is 1. The maximum Gasteiger partial charge on any atom is 0.251 e. The van der Waals surface area contributed by atoms with Crippen LogP contribution in [0.25, 0.3) is 0 Å². The van der Waals surface area contributed by atoms with Crippen LogP contribution in [-0.2, 0) is 4.79 Å². The van der Waals surface area contributed by atoms with Crippen molar-refractivity contribution in [3.63, 3.8) is 0 Å². The van der Waals surface area contributed by atoms with Gasteiger partial charge >= 0.3 is 0 Å². The molecule has 0 saturated heterocycles. The van der Waals surface area contributed by atoms with Gasteiger partial charge in [-0.2, -0.15) is 0 Å². The smallest absolute Gasteiger partial charge is 0.251 e. The standard InChI is InChI=1S/C11H13BrN2O2/c1-7(12)10(15)14-9-5-3-8(4-6-9)11(16)13-2/h3-7H,1-2H3,(H,13,16)(H,14,15). The zero-order valence-corrected chi connectivity index (χ0v) is 10.7. The average molecular weight is 285 g/mol. The molecule has 0 aliphatic rings. The van der Waals surface area contributed by atoms with Crippen LogP contribution in [-0.4, -0.2) is 23.7 Å². The highest BCUT2D eigenvalue weighted by atomic mass is 79.9. The minimum absolute atomic E-state index is 0.118. The number of halogens is 1. The molecule has 1 aromatic carbocycles. The van der Waals surface area contributed by atoms with Gasteiger partial charge < -0.3 is 10.6 Å². The van der Waals surface area contributed by atoms with E-state index in [1.807, 2.05) is 0 Å². The lowest BCUT2D eigenvalue weighted by molar-refractivity contribution is -0.115. The quantitative estimate of drug-likeness (QED) is 0.831. The van der Waals surface area contributed by atoms with Gasteiger partial charge in [-0.3, -0.25) is 9.59 Å². The second-order valence-electron chi connectivity index (χ2n) is 3.26. The van der Waals surface area contributed by atoms with E-state index < -0.39 is 0 Å². The minimum atomic E-state index is -0.244. The Kier molecular flexibility index (Phi) is 4.49. The highest BCUT2D eigenvalue weighted by molar-refractivity contribution is 9.10. The van der Waals surface area contributed by atoms with Crippen LogP contribution in [0.5, 0.6) is 0 Å². The molecular formula is C11H13BrN2O2. The number of hydrogen-bond acceptors (Lipinski definition) is 2. The fraction of sp³-hybridized carbons (Fsp3) is 0.273. The maximum atomic E-state index is 11.3. The Morgan fingerprint density at radius 2 is 1.81 bits per heavy atom. The third-order valence-electron chi connectivity index (χ3n) is 2.00. The summed E-state index contributed by atoms with van der Waals surface area (Å²) < 4.78 is 0. The Hall–Kier alpha value is -1.36. The van der Waals surface area contributed by atoms with Crippen LogP contribution in [0.15, 0.2) is 24.3 Å². The maximum absolute atomic E-state index is 11.3. The molecule has 0 saturated carbocycles. The van der Waals surface area contributed by atoms with Crippen LogP contribution in [0, 0.1) is 0 Å².